The standard InChI is InChI=1S/C59H51N/c1-37(2)38-20-22-39(23-21-38)40-24-27-42(28-25-40)60(43-29-32-52-49(35-43)46-15-8-11-17-51(46)58(52,6)7)44-30-33-55-50(36-44)47-16-10-13-19-54(47)59(55)53-18-12-9-14-45(53)48-31-26-41(34-56(48)59)57(3,4)5/h8-37H,1-7H3/i37D. The summed E-state index contributed by atoms with van der Waals surface area (Å²) in [6, 6.07) is 66.2. The number of hydrogen-bond acceptors (Lipinski definition) is 1. The van der Waals surface area contributed by atoms with E-state index in [1.54, 1.807) is 0 Å². The Balaban J connectivity index is 1.11. The van der Waals surface area contributed by atoms with Crippen molar-refractivity contribution in [1.82, 2.24) is 0 Å². The highest BCUT2D eigenvalue weighted by molar-refractivity contribution is 5.97. The molecular formula is C59H51N. The molecule has 0 amide bonds. The van der Waals surface area contributed by atoms with Crippen LogP contribution < -0.4 is 4.90 Å². The Morgan fingerprint density at radius 2 is 0.867 bits per heavy atom. The van der Waals surface area contributed by atoms with Gasteiger partial charge in [0.15, 0.2) is 0 Å². The maximum atomic E-state index is 8.52. The molecular weight excluding hydrogens is 723 g/mol. The average molecular weight is 775 g/mol. The number of nitrogens with zero attached hydrogens (tertiary/aromatic N) is 1. The fourth-order valence-electron chi connectivity index (χ4n) is 10.8. The number of fused-ring (bicyclic) bond motifs is 13. The van der Waals surface area contributed by atoms with Gasteiger partial charge in [-0.15, -0.1) is 0 Å². The zero-order valence-electron chi connectivity index (χ0n) is 36.7. The van der Waals surface area contributed by atoms with Gasteiger partial charge in [0, 0.05) is 23.8 Å². The number of anilines is 3. The lowest BCUT2D eigenvalue weighted by atomic mass is 9.69. The SMILES string of the molecule is [2H]C(C)(C)c1ccc(-c2ccc(N(c3ccc4c(c3)-c3ccccc3C4(C)C)c3ccc4c(c3)-c3ccccc3C43c4ccccc4-c4ccc(C(C)(C)C)cc43)cc2)cc1. The molecule has 0 heterocycles. The summed E-state index contributed by atoms with van der Waals surface area (Å²) in [6.07, 6.45) is 0. The van der Waals surface area contributed by atoms with Crippen LogP contribution in [0.1, 0.15) is 100 Å². The van der Waals surface area contributed by atoms with E-state index in [1.807, 2.05) is 13.8 Å². The third-order valence-electron chi connectivity index (χ3n) is 13.9. The monoisotopic (exact) mass is 774 g/mol. The third-order valence-corrected chi connectivity index (χ3v) is 13.9. The predicted molar refractivity (Wildman–Crippen MR) is 253 cm³/mol. The summed E-state index contributed by atoms with van der Waals surface area (Å²) in [7, 11) is 0. The van der Waals surface area contributed by atoms with Gasteiger partial charge in [0.25, 0.3) is 0 Å². The van der Waals surface area contributed by atoms with E-state index in [1.165, 1.54) is 72.3 Å². The van der Waals surface area contributed by atoms with Crippen molar-refractivity contribution in [1.29, 1.82) is 0 Å². The van der Waals surface area contributed by atoms with E-state index in [4.69, 9.17) is 1.37 Å². The van der Waals surface area contributed by atoms with Gasteiger partial charge in [0.1, 0.15) is 0 Å². The highest BCUT2D eigenvalue weighted by Crippen LogP contribution is 2.63. The lowest BCUT2D eigenvalue weighted by Crippen LogP contribution is -2.26. The summed E-state index contributed by atoms with van der Waals surface area (Å²) in [5, 5.41) is 0. The Bertz CT molecular complexity index is 3060. The van der Waals surface area contributed by atoms with Gasteiger partial charge < -0.3 is 4.90 Å². The molecule has 1 atom stereocenters. The molecule has 0 bridgehead atoms. The summed E-state index contributed by atoms with van der Waals surface area (Å²) in [5.74, 6) is -0.635. The Morgan fingerprint density at radius 3 is 1.45 bits per heavy atom. The average Bonchev–Trinajstić information content (AvgIpc) is 3.81. The summed E-state index contributed by atoms with van der Waals surface area (Å²) in [4.78, 5) is 2.45. The molecule has 0 aromatic heterocycles. The molecule has 0 radical (unpaired) electrons. The minimum atomic E-state index is -0.635. The van der Waals surface area contributed by atoms with E-state index >= 15 is 0 Å². The molecule has 292 valence electrons. The van der Waals surface area contributed by atoms with Crippen LogP contribution in [-0.4, -0.2) is 0 Å². The maximum Gasteiger partial charge on any atom is 0.0725 e. The Labute approximate surface area is 357 Å². The number of rotatable bonds is 5. The van der Waals surface area contributed by atoms with Gasteiger partial charge >= 0.3 is 0 Å². The van der Waals surface area contributed by atoms with Crippen molar-refractivity contribution >= 4 is 17.1 Å². The van der Waals surface area contributed by atoms with Gasteiger partial charge in [-0.3, -0.25) is 0 Å². The van der Waals surface area contributed by atoms with Crippen molar-refractivity contribution in [3.63, 3.8) is 0 Å². The molecule has 0 saturated carbocycles. The van der Waals surface area contributed by atoms with Crippen LogP contribution in [0.5, 0.6) is 0 Å². The van der Waals surface area contributed by atoms with Crippen LogP contribution in [0.15, 0.2) is 176 Å². The van der Waals surface area contributed by atoms with E-state index in [0.717, 1.165) is 33.8 Å². The molecule has 0 saturated heterocycles. The normalized spacial score (nSPS) is 16.7. The zero-order chi connectivity index (χ0) is 42.1. The highest BCUT2D eigenvalue weighted by Gasteiger charge is 2.52. The molecule has 0 N–H and O–H groups in total. The first-order valence-corrected chi connectivity index (χ1v) is 21.5. The molecule has 1 nitrogen and oxygen atoms in total. The molecule has 0 fully saturated rings. The quantitative estimate of drug-likeness (QED) is 0.168. The van der Waals surface area contributed by atoms with Gasteiger partial charge in [-0.2, -0.15) is 0 Å². The zero-order valence-corrected chi connectivity index (χ0v) is 35.7. The summed E-state index contributed by atoms with van der Waals surface area (Å²) >= 11 is 0. The molecule has 8 aromatic rings. The number of benzene rings is 8. The summed E-state index contributed by atoms with van der Waals surface area (Å²) in [6.45, 7) is 15.5. The van der Waals surface area contributed by atoms with Crippen LogP contribution in [0.4, 0.5) is 17.1 Å². The molecule has 11 rings (SSSR count). The maximum absolute atomic E-state index is 8.52. The first-order valence-electron chi connectivity index (χ1n) is 22.0. The fraction of sp³-hybridized carbons (Fsp3) is 0.186. The molecule has 1 unspecified atom stereocenters. The first-order chi connectivity index (χ1) is 29.3. The molecule has 1 heteroatoms. The Morgan fingerprint density at radius 1 is 0.433 bits per heavy atom. The van der Waals surface area contributed by atoms with Gasteiger partial charge in [-0.25, -0.2) is 0 Å². The van der Waals surface area contributed by atoms with Crippen LogP contribution in [0.3, 0.4) is 0 Å². The van der Waals surface area contributed by atoms with Gasteiger partial charge in [-0.1, -0.05) is 188 Å². The topological polar surface area (TPSA) is 3.24 Å². The van der Waals surface area contributed by atoms with Gasteiger partial charge in [0.2, 0.25) is 0 Å². The second kappa shape index (κ2) is 13.0. The molecule has 0 aliphatic heterocycles. The van der Waals surface area contributed by atoms with Crippen molar-refractivity contribution in [3.05, 3.63) is 220 Å². The van der Waals surface area contributed by atoms with Crippen LogP contribution in [0, 0.1) is 0 Å². The number of hydrogen-bond donors (Lipinski definition) is 0. The molecule has 1 spiro atoms. The summed E-state index contributed by atoms with van der Waals surface area (Å²) < 4.78 is 8.52. The molecule has 60 heavy (non-hydrogen) atoms. The largest absolute Gasteiger partial charge is 0.310 e. The minimum absolute atomic E-state index is 0.0137. The van der Waals surface area contributed by atoms with E-state index in [2.05, 4.69) is 215 Å². The van der Waals surface area contributed by atoms with Crippen LogP contribution >= 0.6 is 0 Å². The van der Waals surface area contributed by atoms with E-state index < -0.39 is 11.3 Å². The third kappa shape index (κ3) is 5.18. The van der Waals surface area contributed by atoms with E-state index in [9.17, 15) is 0 Å². The van der Waals surface area contributed by atoms with E-state index in [0.29, 0.717) is 0 Å². The van der Waals surface area contributed by atoms with Crippen LogP contribution in [0.25, 0.3) is 44.5 Å². The summed E-state index contributed by atoms with van der Waals surface area (Å²) in [5.41, 5.74) is 23.6. The van der Waals surface area contributed by atoms with Gasteiger partial charge in [-0.05, 0) is 137 Å². The molecule has 8 aromatic carbocycles. The van der Waals surface area contributed by atoms with Crippen molar-refractivity contribution in [2.75, 3.05) is 4.90 Å². The second-order valence-electron chi connectivity index (χ2n) is 18.9. The highest BCUT2D eigenvalue weighted by atomic mass is 15.1. The second-order valence-corrected chi connectivity index (χ2v) is 18.9. The molecule has 3 aliphatic carbocycles. The van der Waals surface area contributed by atoms with Crippen molar-refractivity contribution < 1.29 is 1.37 Å². The molecule has 3 aliphatic rings. The van der Waals surface area contributed by atoms with Crippen LogP contribution in [-0.2, 0) is 16.2 Å². The van der Waals surface area contributed by atoms with Crippen molar-refractivity contribution in [2.45, 2.75) is 70.6 Å². The van der Waals surface area contributed by atoms with Gasteiger partial charge in [0.05, 0.1) is 5.41 Å². The smallest absolute Gasteiger partial charge is 0.0725 e. The van der Waals surface area contributed by atoms with Crippen LogP contribution in [0.2, 0.25) is 0 Å². The Kier molecular flexibility index (Phi) is 7.71. The Hall–Kier alpha value is -6.44. The van der Waals surface area contributed by atoms with Crippen molar-refractivity contribution in [2.24, 2.45) is 0 Å². The van der Waals surface area contributed by atoms with Crippen molar-refractivity contribution in [3.8, 4) is 44.5 Å². The minimum Gasteiger partial charge on any atom is -0.310 e. The lowest BCUT2D eigenvalue weighted by molar-refractivity contribution is 0.588. The lowest BCUT2D eigenvalue weighted by Gasteiger charge is -2.32. The van der Waals surface area contributed by atoms with E-state index in [-0.39, 0.29) is 10.8 Å². The first kappa shape index (κ1) is 35.5. The fourth-order valence-corrected chi connectivity index (χ4v) is 10.8. The predicted octanol–water partition coefficient (Wildman–Crippen LogP) is 15.9.